The molecule has 1 aliphatic heterocycles. The Morgan fingerprint density at radius 1 is 1.24 bits per heavy atom. The number of fused-ring (bicyclic) bond motifs is 1. The largest absolute Gasteiger partial charge is 0.486 e. The molecule has 2 N–H and O–H groups in total. The van der Waals surface area contributed by atoms with Crippen molar-refractivity contribution in [3.8, 4) is 17.2 Å². The predicted molar refractivity (Wildman–Crippen MR) is 72.5 cm³/mol. The van der Waals surface area contributed by atoms with E-state index in [1.165, 1.54) is 6.33 Å². The van der Waals surface area contributed by atoms with Gasteiger partial charge in [0.25, 0.3) is 0 Å². The molecule has 0 bridgehead atoms. The third-order valence-electron chi connectivity index (χ3n) is 3.97. The molecule has 1 aromatic carbocycles. The molecule has 7 nitrogen and oxygen atoms in total. The highest BCUT2D eigenvalue weighted by Gasteiger charge is 2.54. The molecular weight excluding hydrogens is 272 g/mol. The van der Waals surface area contributed by atoms with Crippen molar-refractivity contribution in [2.75, 3.05) is 13.2 Å². The SMILES string of the molecule is NC(=O)C1(c2ncnn2-c2ccc3c(c2)OCCO3)CC1. The molecular formula is C14H14N4O3. The standard InChI is InChI=1S/C14H14N4O3/c15-12(19)14(3-4-14)13-16-8-17-18(13)9-1-2-10-11(7-9)21-6-5-20-10/h1-2,7-8H,3-6H2,(H2,15,19). The third kappa shape index (κ3) is 1.77. The fourth-order valence-electron chi connectivity index (χ4n) is 2.63. The molecule has 4 rings (SSSR count). The molecule has 2 aliphatic rings. The van der Waals surface area contributed by atoms with Crippen LogP contribution >= 0.6 is 0 Å². The lowest BCUT2D eigenvalue weighted by atomic mass is 10.1. The zero-order valence-corrected chi connectivity index (χ0v) is 11.3. The van der Waals surface area contributed by atoms with Gasteiger partial charge in [0, 0.05) is 6.07 Å². The molecule has 21 heavy (non-hydrogen) atoms. The van der Waals surface area contributed by atoms with Crippen molar-refractivity contribution >= 4 is 5.91 Å². The number of nitrogens with zero attached hydrogens (tertiary/aromatic N) is 3. The lowest BCUT2D eigenvalue weighted by Gasteiger charge is -2.19. The van der Waals surface area contributed by atoms with E-state index in [9.17, 15) is 4.79 Å². The van der Waals surface area contributed by atoms with Gasteiger partial charge in [0.1, 0.15) is 30.8 Å². The molecule has 0 saturated heterocycles. The zero-order chi connectivity index (χ0) is 14.4. The van der Waals surface area contributed by atoms with Gasteiger partial charge in [-0.15, -0.1) is 0 Å². The maximum Gasteiger partial charge on any atom is 0.231 e. The van der Waals surface area contributed by atoms with Crippen molar-refractivity contribution in [2.45, 2.75) is 18.3 Å². The molecule has 108 valence electrons. The zero-order valence-electron chi connectivity index (χ0n) is 11.3. The average Bonchev–Trinajstić information content (AvgIpc) is 3.18. The molecule has 2 aromatic rings. The summed E-state index contributed by atoms with van der Waals surface area (Å²) in [6.07, 6.45) is 2.87. The number of carbonyl (C=O) groups excluding carboxylic acids is 1. The van der Waals surface area contributed by atoms with Crippen LogP contribution in [0.3, 0.4) is 0 Å². The van der Waals surface area contributed by atoms with E-state index in [0.717, 1.165) is 5.69 Å². The van der Waals surface area contributed by atoms with E-state index >= 15 is 0 Å². The summed E-state index contributed by atoms with van der Waals surface area (Å²) in [6.45, 7) is 1.07. The first-order valence-corrected chi connectivity index (χ1v) is 6.81. The Morgan fingerprint density at radius 2 is 2.00 bits per heavy atom. The smallest absolute Gasteiger partial charge is 0.231 e. The predicted octanol–water partition coefficient (Wildman–Crippen LogP) is 0.555. The van der Waals surface area contributed by atoms with Gasteiger partial charge in [-0.25, -0.2) is 9.67 Å². The van der Waals surface area contributed by atoms with E-state index in [2.05, 4.69) is 10.1 Å². The number of benzene rings is 1. The number of carbonyl (C=O) groups is 1. The summed E-state index contributed by atoms with van der Waals surface area (Å²) in [5, 5.41) is 4.23. The maximum atomic E-state index is 11.7. The van der Waals surface area contributed by atoms with E-state index in [1.54, 1.807) is 4.68 Å². The molecule has 1 fully saturated rings. The maximum absolute atomic E-state index is 11.7. The minimum absolute atomic E-state index is 0.353. The van der Waals surface area contributed by atoms with Crippen LogP contribution in [0.5, 0.6) is 11.5 Å². The van der Waals surface area contributed by atoms with Crippen LogP contribution in [0.25, 0.3) is 5.69 Å². The molecule has 1 aromatic heterocycles. The first-order chi connectivity index (χ1) is 10.2. The highest BCUT2D eigenvalue weighted by Crippen LogP contribution is 2.47. The number of ether oxygens (including phenoxy) is 2. The molecule has 0 spiro atoms. The van der Waals surface area contributed by atoms with Gasteiger partial charge in [0.2, 0.25) is 5.91 Å². The first kappa shape index (κ1) is 12.2. The molecule has 1 aliphatic carbocycles. The number of hydrogen-bond acceptors (Lipinski definition) is 5. The van der Waals surface area contributed by atoms with E-state index in [-0.39, 0.29) is 5.91 Å². The molecule has 1 amide bonds. The quantitative estimate of drug-likeness (QED) is 0.889. The first-order valence-electron chi connectivity index (χ1n) is 6.81. The molecule has 2 heterocycles. The Bertz CT molecular complexity index is 721. The van der Waals surface area contributed by atoms with Crippen molar-refractivity contribution in [2.24, 2.45) is 5.73 Å². The molecule has 0 atom stereocenters. The highest BCUT2D eigenvalue weighted by atomic mass is 16.6. The summed E-state index contributed by atoms with van der Waals surface area (Å²) in [5.74, 6) is 1.62. The van der Waals surface area contributed by atoms with Crippen molar-refractivity contribution in [3.05, 3.63) is 30.4 Å². The summed E-state index contributed by atoms with van der Waals surface area (Å²) in [7, 11) is 0. The van der Waals surface area contributed by atoms with Gasteiger partial charge in [0.15, 0.2) is 11.5 Å². The van der Waals surface area contributed by atoms with Crippen LogP contribution in [0.4, 0.5) is 0 Å². The summed E-state index contributed by atoms with van der Waals surface area (Å²) < 4.78 is 12.7. The Kier molecular flexibility index (Phi) is 2.44. The van der Waals surface area contributed by atoms with E-state index in [1.807, 2.05) is 18.2 Å². The van der Waals surface area contributed by atoms with E-state index < -0.39 is 5.41 Å². The number of nitrogens with two attached hydrogens (primary N) is 1. The topological polar surface area (TPSA) is 92.3 Å². The second kappa shape index (κ2) is 4.21. The number of rotatable bonds is 3. The van der Waals surface area contributed by atoms with Gasteiger partial charge in [-0.05, 0) is 25.0 Å². The number of hydrogen-bond donors (Lipinski definition) is 1. The normalized spacial score (nSPS) is 18.3. The Morgan fingerprint density at radius 3 is 2.71 bits per heavy atom. The van der Waals surface area contributed by atoms with Crippen LogP contribution in [-0.2, 0) is 10.2 Å². The second-order valence-electron chi connectivity index (χ2n) is 5.27. The Balaban J connectivity index is 1.78. The Labute approximate surface area is 120 Å². The van der Waals surface area contributed by atoms with E-state index in [0.29, 0.717) is 43.4 Å². The van der Waals surface area contributed by atoms with Gasteiger partial charge in [-0.1, -0.05) is 0 Å². The van der Waals surface area contributed by atoms with Crippen molar-refractivity contribution < 1.29 is 14.3 Å². The monoisotopic (exact) mass is 286 g/mol. The molecule has 0 radical (unpaired) electrons. The van der Waals surface area contributed by atoms with Gasteiger partial charge < -0.3 is 15.2 Å². The summed E-state index contributed by atoms with van der Waals surface area (Å²) in [4.78, 5) is 15.9. The molecule has 7 heteroatoms. The number of primary amides is 1. The number of amides is 1. The molecule has 0 unspecified atom stereocenters. The lowest BCUT2D eigenvalue weighted by molar-refractivity contribution is -0.120. The van der Waals surface area contributed by atoms with Crippen molar-refractivity contribution in [1.82, 2.24) is 14.8 Å². The van der Waals surface area contributed by atoms with Crippen LogP contribution in [0.2, 0.25) is 0 Å². The van der Waals surface area contributed by atoms with Gasteiger partial charge in [0.05, 0.1) is 5.69 Å². The second-order valence-corrected chi connectivity index (χ2v) is 5.27. The van der Waals surface area contributed by atoms with Gasteiger partial charge in [-0.3, -0.25) is 4.79 Å². The third-order valence-corrected chi connectivity index (χ3v) is 3.97. The number of aromatic nitrogens is 3. The minimum Gasteiger partial charge on any atom is -0.486 e. The van der Waals surface area contributed by atoms with E-state index in [4.69, 9.17) is 15.2 Å². The van der Waals surface area contributed by atoms with Crippen LogP contribution in [-0.4, -0.2) is 33.9 Å². The van der Waals surface area contributed by atoms with Gasteiger partial charge in [-0.2, -0.15) is 5.10 Å². The average molecular weight is 286 g/mol. The summed E-state index contributed by atoms with van der Waals surface area (Å²) in [6, 6.07) is 5.53. The van der Waals surface area contributed by atoms with Gasteiger partial charge >= 0.3 is 0 Å². The van der Waals surface area contributed by atoms with Crippen molar-refractivity contribution in [1.29, 1.82) is 0 Å². The van der Waals surface area contributed by atoms with Crippen molar-refractivity contribution in [3.63, 3.8) is 0 Å². The molecule has 1 saturated carbocycles. The lowest BCUT2D eigenvalue weighted by Crippen LogP contribution is -2.31. The Hall–Kier alpha value is -2.57. The fourth-order valence-corrected chi connectivity index (χ4v) is 2.63. The summed E-state index contributed by atoms with van der Waals surface area (Å²) in [5.41, 5.74) is 5.62. The summed E-state index contributed by atoms with van der Waals surface area (Å²) >= 11 is 0. The van der Waals surface area contributed by atoms with Crippen LogP contribution < -0.4 is 15.2 Å². The van der Waals surface area contributed by atoms with Crippen LogP contribution in [0.1, 0.15) is 18.7 Å². The fraction of sp³-hybridized carbons (Fsp3) is 0.357. The van der Waals surface area contributed by atoms with Crippen LogP contribution in [0.15, 0.2) is 24.5 Å². The minimum atomic E-state index is -0.677. The van der Waals surface area contributed by atoms with Crippen LogP contribution in [0, 0.1) is 0 Å². The highest BCUT2D eigenvalue weighted by molar-refractivity contribution is 5.89.